The van der Waals surface area contributed by atoms with Gasteiger partial charge in [0.1, 0.15) is 6.23 Å². The van der Waals surface area contributed by atoms with E-state index in [1.165, 1.54) is 64.2 Å². The predicted molar refractivity (Wildman–Crippen MR) is 75.6 cm³/mol. The summed E-state index contributed by atoms with van der Waals surface area (Å²) in [4.78, 5) is 0. The average molecular weight is 252 g/mol. The molecule has 0 saturated heterocycles. The Morgan fingerprint density at radius 1 is 1.06 bits per heavy atom. The second kappa shape index (κ2) is 5.92. The van der Waals surface area contributed by atoms with Gasteiger partial charge in [0, 0.05) is 19.6 Å². The molecule has 18 heavy (non-hydrogen) atoms. The molecule has 0 amide bonds. The van der Waals surface area contributed by atoms with Crippen LogP contribution in [0.3, 0.4) is 0 Å². The van der Waals surface area contributed by atoms with Crippen LogP contribution in [0, 0.1) is 10.8 Å². The second-order valence-corrected chi connectivity index (χ2v) is 6.67. The van der Waals surface area contributed by atoms with Crippen LogP contribution in [0.4, 0.5) is 0 Å². The summed E-state index contributed by atoms with van der Waals surface area (Å²) in [7, 11) is 3.74. The van der Waals surface area contributed by atoms with E-state index in [0.717, 1.165) is 0 Å². The normalized spacial score (nSPS) is 36.8. The molecule has 0 N–H and O–H groups in total. The number of methoxy groups -OCH3 is 1. The minimum absolute atomic E-state index is 0.145. The summed E-state index contributed by atoms with van der Waals surface area (Å²) in [5.41, 5.74) is 1.08. The van der Waals surface area contributed by atoms with Crippen LogP contribution in [0.5, 0.6) is 0 Å². The van der Waals surface area contributed by atoms with E-state index in [4.69, 9.17) is 4.74 Å². The fourth-order valence-electron chi connectivity index (χ4n) is 4.42. The smallest absolute Gasteiger partial charge is 0.128 e. The molecule has 1 unspecified atom stereocenters. The van der Waals surface area contributed by atoms with Crippen LogP contribution < -0.4 is 5.32 Å². The highest BCUT2D eigenvalue weighted by molar-refractivity contribution is 5.01. The molecule has 3 fully saturated rings. The van der Waals surface area contributed by atoms with E-state index in [9.17, 15) is 0 Å². The summed E-state index contributed by atoms with van der Waals surface area (Å²) < 4.78 is 5.62. The third-order valence-corrected chi connectivity index (χ3v) is 5.75. The lowest BCUT2D eigenvalue weighted by Gasteiger charge is -2.55. The summed E-state index contributed by atoms with van der Waals surface area (Å²) in [6, 6.07) is 0. The highest BCUT2D eigenvalue weighted by atomic mass is 16.5. The molecule has 3 aliphatic rings. The summed E-state index contributed by atoms with van der Waals surface area (Å²) in [5.74, 6) is 0. The van der Waals surface area contributed by atoms with E-state index in [-0.39, 0.29) is 6.23 Å². The number of rotatable bonds is 7. The quantitative estimate of drug-likeness (QED) is 0.625. The Hall–Kier alpha value is -0.0800. The molecular formula is C16H30NO. The van der Waals surface area contributed by atoms with Crippen molar-refractivity contribution in [2.75, 3.05) is 14.2 Å². The lowest BCUT2D eigenvalue weighted by Crippen LogP contribution is -2.51. The first kappa shape index (κ1) is 14.3. The lowest BCUT2D eigenvalue weighted by molar-refractivity contribution is -0.117. The van der Waals surface area contributed by atoms with Crippen LogP contribution in [-0.4, -0.2) is 20.4 Å². The third kappa shape index (κ3) is 2.60. The summed E-state index contributed by atoms with van der Waals surface area (Å²) in [6.45, 7) is 2.30. The van der Waals surface area contributed by atoms with Gasteiger partial charge >= 0.3 is 0 Å². The van der Waals surface area contributed by atoms with Crippen molar-refractivity contribution in [3.05, 3.63) is 0 Å². The first-order chi connectivity index (χ1) is 8.70. The van der Waals surface area contributed by atoms with Gasteiger partial charge in [-0.2, -0.15) is 0 Å². The topological polar surface area (TPSA) is 23.3 Å². The van der Waals surface area contributed by atoms with E-state index in [2.05, 4.69) is 12.2 Å². The average Bonchev–Trinajstić information content (AvgIpc) is 2.42. The molecule has 0 aromatic heterocycles. The van der Waals surface area contributed by atoms with Gasteiger partial charge in [0.15, 0.2) is 0 Å². The van der Waals surface area contributed by atoms with Crippen molar-refractivity contribution in [3.8, 4) is 0 Å². The van der Waals surface area contributed by atoms with Gasteiger partial charge in [0.2, 0.25) is 0 Å². The Kier molecular flexibility index (Phi) is 4.71. The van der Waals surface area contributed by atoms with Crippen molar-refractivity contribution in [2.45, 2.75) is 77.4 Å². The molecule has 3 saturated carbocycles. The lowest BCUT2D eigenvalue weighted by atomic mass is 9.52. The number of ether oxygens (including phenoxy) is 1. The molecule has 0 aliphatic heterocycles. The van der Waals surface area contributed by atoms with E-state index < -0.39 is 0 Å². The summed E-state index contributed by atoms with van der Waals surface area (Å²) >= 11 is 0. The molecular weight excluding hydrogens is 222 g/mol. The maximum absolute atomic E-state index is 5.62. The molecule has 1 radical (unpaired) electrons. The van der Waals surface area contributed by atoms with Crippen molar-refractivity contribution in [1.82, 2.24) is 5.32 Å². The maximum atomic E-state index is 5.62. The van der Waals surface area contributed by atoms with Crippen LogP contribution in [0.15, 0.2) is 0 Å². The Morgan fingerprint density at radius 2 is 1.67 bits per heavy atom. The van der Waals surface area contributed by atoms with Crippen LogP contribution in [0.1, 0.15) is 71.1 Å². The molecule has 2 nitrogen and oxygen atoms in total. The van der Waals surface area contributed by atoms with Gasteiger partial charge in [-0.05, 0) is 50.4 Å². The van der Waals surface area contributed by atoms with Gasteiger partial charge in [-0.25, -0.2) is 5.32 Å². The highest BCUT2D eigenvalue weighted by Gasteiger charge is 2.51. The van der Waals surface area contributed by atoms with Gasteiger partial charge < -0.3 is 4.74 Å². The standard InChI is InChI=1S/C16H30NO/c1-4-5-6-7-15-8-11-16(12-9-15,13-10-15)14(17-2)18-3/h14H,4-13H2,1-3H3. The van der Waals surface area contributed by atoms with Crippen molar-refractivity contribution in [2.24, 2.45) is 10.8 Å². The number of nitrogens with zero attached hydrogens (tertiary/aromatic N) is 1. The van der Waals surface area contributed by atoms with Gasteiger partial charge in [0.25, 0.3) is 0 Å². The molecule has 1 atom stereocenters. The Bertz CT molecular complexity index is 235. The van der Waals surface area contributed by atoms with Crippen LogP contribution in [0.2, 0.25) is 0 Å². The fraction of sp³-hybridized carbons (Fsp3) is 1.00. The monoisotopic (exact) mass is 252 g/mol. The highest BCUT2D eigenvalue weighted by Crippen LogP contribution is 2.60. The molecule has 0 aromatic rings. The van der Waals surface area contributed by atoms with Gasteiger partial charge in [-0.1, -0.05) is 26.2 Å². The van der Waals surface area contributed by atoms with Gasteiger partial charge in [-0.15, -0.1) is 0 Å². The zero-order valence-corrected chi connectivity index (χ0v) is 12.5. The van der Waals surface area contributed by atoms with Crippen molar-refractivity contribution in [3.63, 3.8) is 0 Å². The van der Waals surface area contributed by atoms with E-state index in [1.54, 1.807) is 0 Å². The van der Waals surface area contributed by atoms with Crippen LogP contribution in [-0.2, 0) is 4.74 Å². The zero-order valence-electron chi connectivity index (χ0n) is 12.5. The molecule has 3 rings (SSSR count). The Labute approximate surface area is 113 Å². The predicted octanol–water partition coefficient (Wildman–Crippen LogP) is 4.11. The molecule has 105 valence electrons. The fourth-order valence-corrected chi connectivity index (χ4v) is 4.42. The van der Waals surface area contributed by atoms with Crippen molar-refractivity contribution >= 4 is 0 Å². The number of hydrogen-bond donors (Lipinski definition) is 0. The Morgan fingerprint density at radius 3 is 2.11 bits per heavy atom. The second-order valence-electron chi connectivity index (χ2n) is 6.67. The SMILES string of the molecule is CCCCCC12CCC(C([N]C)OC)(CC1)CC2. The van der Waals surface area contributed by atoms with E-state index in [0.29, 0.717) is 10.8 Å². The molecule has 2 bridgehead atoms. The van der Waals surface area contributed by atoms with Crippen molar-refractivity contribution in [1.29, 1.82) is 0 Å². The third-order valence-electron chi connectivity index (χ3n) is 5.75. The van der Waals surface area contributed by atoms with E-state index >= 15 is 0 Å². The van der Waals surface area contributed by atoms with Gasteiger partial charge in [-0.3, -0.25) is 0 Å². The molecule has 3 aliphatic carbocycles. The number of unbranched alkanes of at least 4 members (excludes halogenated alkanes) is 2. The minimum Gasteiger partial charge on any atom is -0.365 e. The minimum atomic E-state index is 0.145. The number of hydrogen-bond acceptors (Lipinski definition) is 1. The van der Waals surface area contributed by atoms with Crippen LogP contribution >= 0.6 is 0 Å². The molecule has 0 heterocycles. The van der Waals surface area contributed by atoms with Crippen molar-refractivity contribution < 1.29 is 4.74 Å². The molecule has 0 spiro atoms. The summed E-state index contributed by atoms with van der Waals surface area (Å²) in [5, 5.41) is 4.47. The van der Waals surface area contributed by atoms with Gasteiger partial charge in [0.05, 0.1) is 0 Å². The molecule has 2 heteroatoms. The zero-order chi connectivity index (χ0) is 13.1. The first-order valence-electron chi connectivity index (χ1n) is 7.82. The van der Waals surface area contributed by atoms with E-state index in [1.807, 2.05) is 14.2 Å². The molecule has 0 aromatic carbocycles. The van der Waals surface area contributed by atoms with Crippen LogP contribution in [0.25, 0.3) is 0 Å². The maximum Gasteiger partial charge on any atom is 0.128 e. The first-order valence-corrected chi connectivity index (χ1v) is 7.82. The Balaban J connectivity index is 1.92. The summed E-state index contributed by atoms with van der Waals surface area (Å²) in [6.07, 6.45) is 14.1. The largest absolute Gasteiger partial charge is 0.365 e. The number of fused-ring (bicyclic) bond motifs is 3.